The normalized spacial score (nSPS) is 10.7. The van der Waals surface area contributed by atoms with Crippen molar-refractivity contribution in [1.29, 1.82) is 0 Å². The molecular formula is C21H18N4OS. The standard InChI is InChI=1S/C21H18N4OS/c1-13-6-8-15(9-7-13)18-11-27-21-19(18)20(22-12-23-21)25-17-5-3-4-16(10-17)24-14(2)26/h3-12H,1-2H3,(H,24,26)(H,22,23,25). The highest BCUT2D eigenvalue weighted by molar-refractivity contribution is 7.17. The highest BCUT2D eigenvalue weighted by Gasteiger charge is 2.13. The Kier molecular flexibility index (Phi) is 4.56. The van der Waals surface area contributed by atoms with Crippen LogP contribution in [0, 0.1) is 6.92 Å². The molecule has 0 radical (unpaired) electrons. The zero-order valence-corrected chi connectivity index (χ0v) is 15.8. The van der Waals surface area contributed by atoms with Gasteiger partial charge in [0.1, 0.15) is 17.0 Å². The Morgan fingerprint density at radius 3 is 2.59 bits per heavy atom. The summed E-state index contributed by atoms with van der Waals surface area (Å²) in [5.41, 5.74) is 5.06. The van der Waals surface area contributed by atoms with Gasteiger partial charge in [-0.3, -0.25) is 4.79 Å². The molecule has 0 fully saturated rings. The number of thiophene rings is 1. The van der Waals surface area contributed by atoms with Crippen molar-refractivity contribution in [1.82, 2.24) is 9.97 Å². The van der Waals surface area contributed by atoms with Crippen molar-refractivity contribution in [2.75, 3.05) is 10.6 Å². The first-order valence-corrected chi connectivity index (χ1v) is 9.42. The topological polar surface area (TPSA) is 66.9 Å². The highest BCUT2D eigenvalue weighted by atomic mass is 32.1. The second kappa shape index (κ2) is 7.17. The number of nitrogens with one attached hydrogen (secondary N) is 2. The second-order valence-corrected chi connectivity index (χ2v) is 7.16. The molecule has 4 rings (SSSR count). The van der Waals surface area contributed by atoms with E-state index in [4.69, 9.17) is 0 Å². The zero-order chi connectivity index (χ0) is 18.8. The van der Waals surface area contributed by atoms with Crippen molar-refractivity contribution < 1.29 is 4.79 Å². The lowest BCUT2D eigenvalue weighted by molar-refractivity contribution is -0.114. The fraction of sp³-hybridized carbons (Fsp3) is 0.0952. The molecule has 2 aromatic carbocycles. The number of hydrogen-bond donors (Lipinski definition) is 2. The molecule has 0 bridgehead atoms. The monoisotopic (exact) mass is 374 g/mol. The largest absolute Gasteiger partial charge is 0.340 e. The molecule has 0 saturated heterocycles. The van der Waals surface area contributed by atoms with Gasteiger partial charge in [0.15, 0.2) is 0 Å². The number of fused-ring (bicyclic) bond motifs is 1. The molecule has 5 nitrogen and oxygen atoms in total. The zero-order valence-electron chi connectivity index (χ0n) is 15.0. The third kappa shape index (κ3) is 3.66. The van der Waals surface area contributed by atoms with Crippen molar-refractivity contribution in [2.45, 2.75) is 13.8 Å². The Morgan fingerprint density at radius 1 is 1.04 bits per heavy atom. The molecular weight excluding hydrogens is 356 g/mol. The lowest BCUT2D eigenvalue weighted by Crippen LogP contribution is -2.05. The van der Waals surface area contributed by atoms with Gasteiger partial charge in [-0.15, -0.1) is 11.3 Å². The Balaban J connectivity index is 1.75. The molecule has 0 atom stereocenters. The number of carbonyl (C=O) groups is 1. The Hall–Kier alpha value is -3.25. The first-order chi connectivity index (χ1) is 13.1. The molecule has 134 valence electrons. The van der Waals surface area contributed by atoms with E-state index in [-0.39, 0.29) is 5.91 Å². The SMILES string of the molecule is CC(=O)Nc1cccc(Nc2ncnc3scc(-c4ccc(C)cc4)c23)c1. The molecule has 2 aromatic heterocycles. The summed E-state index contributed by atoms with van der Waals surface area (Å²) in [7, 11) is 0. The van der Waals surface area contributed by atoms with E-state index in [0.29, 0.717) is 0 Å². The summed E-state index contributed by atoms with van der Waals surface area (Å²) in [6.45, 7) is 3.57. The number of aromatic nitrogens is 2. The quantitative estimate of drug-likeness (QED) is 0.504. The summed E-state index contributed by atoms with van der Waals surface area (Å²) in [5, 5.41) is 9.28. The van der Waals surface area contributed by atoms with E-state index in [1.807, 2.05) is 24.3 Å². The maximum Gasteiger partial charge on any atom is 0.221 e. The molecule has 0 aliphatic carbocycles. The third-order valence-electron chi connectivity index (χ3n) is 4.18. The number of benzene rings is 2. The molecule has 2 heterocycles. The summed E-state index contributed by atoms with van der Waals surface area (Å²) >= 11 is 1.60. The van der Waals surface area contributed by atoms with E-state index < -0.39 is 0 Å². The molecule has 0 saturated carbocycles. The molecule has 1 amide bonds. The third-order valence-corrected chi connectivity index (χ3v) is 5.06. The fourth-order valence-corrected chi connectivity index (χ4v) is 3.85. The van der Waals surface area contributed by atoms with E-state index in [2.05, 4.69) is 57.2 Å². The molecule has 0 aliphatic heterocycles. The average Bonchev–Trinajstić information content (AvgIpc) is 3.07. The minimum Gasteiger partial charge on any atom is -0.340 e. The average molecular weight is 374 g/mol. The molecule has 27 heavy (non-hydrogen) atoms. The van der Waals surface area contributed by atoms with E-state index in [0.717, 1.165) is 38.5 Å². The van der Waals surface area contributed by atoms with Crippen LogP contribution >= 0.6 is 11.3 Å². The molecule has 0 unspecified atom stereocenters. The van der Waals surface area contributed by atoms with Crippen molar-refractivity contribution in [2.24, 2.45) is 0 Å². The minimum absolute atomic E-state index is 0.101. The van der Waals surface area contributed by atoms with Crippen molar-refractivity contribution in [3.63, 3.8) is 0 Å². The minimum atomic E-state index is -0.101. The van der Waals surface area contributed by atoms with E-state index >= 15 is 0 Å². The van der Waals surface area contributed by atoms with Gasteiger partial charge < -0.3 is 10.6 Å². The summed E-state index contributed by atoms with van der Waals surface area (Å²) in [6, 6.07) is 16.0. The van der Waals surface area contributed by atoms with Gasteiger partial charge in [0.05, 0.1) is 5.39 Å². The fourth-order valence-electron chi connectivity index (χ4n) is 2.93. The van der Waals surface area contributed by atoms with Crippen LogP contribution in [0.15, 0.2) is 60.2 Å². The van der Waals surface area contributed by atoms with Gasteiger partial charge >= 0.3 is 0 Å². The van der Waals surface area contributed by atoms with Crippen molar-refractivity contribution in [3.8, 4) is 11.1 Å². The summed E-state index contributed by atoms with van der Waals surface area (Å²) in [4.78, 5) is 21.1. The van der Waals surface area contributed by atoms with Crippen LogP contribution in [0.1, 0.15) is 12.5 Å². The number of carbonyl (C=O) groups excluding carboxylic acids is 1. The van der Waals surface area contributed by atoms with Crippen LogP contribution in [0.3, 0.4) is 0 Å². The Labute approximate surface area is 161 Å². The van der Waals surface area contributed by atoms with Gasteiger partial charge in [0.2, 0.25) is 5.91 Å². The second-order valence-electron chi connectivity index (χ2n) is 6.30. The number of nitrogens with zero attached hydrogens (tertiary/aromatic N) is 2. The summed E-state index contributed by atoms with van der Waals surface area (Å²) in [6.07, 6.45) is 1.57. The van der Waals surface area contributed by atoms with Crippen LogP contribution in [-0.2, 0) is 4.79 Å². The van der Waals surface area contributed by atoms with Gasteiger partial charge in [0, 0.05) is 29.2 Å². The smallest absolute Gasteiger partial charge is 0.221 e. The maximum atomic E-state index is 11.3. The molecule has 0 spiro atoms. The number of anilines is 3. The number of rotatable bonds is 4. The first kappa shape index (κ1) is 17.2. The van der Waals surface area contributed by atoms with Crippen LogP contribution in [0.4, 0.5) is 17.2 Å². The molecule has 2 N–H and O–H groups in total. The predicted octanol–water partition coefficient (Wildman–Crippen LogP) is 5.37. The van der Waals surface area contributed by atoms with Gasteiger partial charge in [-0.2, -0.15) is 0 Å². The summed E-state index contributed by atoms with van der Waals surface area (Å²) < 4.78 is 0. The molecule has 6 heteroatoms. The van der Waals surface area contributed by atoms with Gasteiger partial charge in [0.25, 0.3) is 0 Å². The van der Waals surface area contributed by atoms with Crippen LogP contribution in [0.25, 0.3) is 21.3 Å². The Bertz CT molecular complexity index is 1120. The predicted molar refractivity (Wildman–Crippen MR) is 112 cm³/mol. The Morgan fingerprint density at radius 2 is 1.81 bits per heavy atom. The van der Waals surface area contributed by atoms with Gasteiger partial charge in [-0.05, 0) is 30.7 Å². The summed E-state index contributed by atoms with van der Waals surface area (Å²) in [5.74, 6) is 0.646. The van der Waals surface area contributed by atoms with Crippen LogP contribution in [0.2, 0.25) is 0 Å². The van der Waals surface area contributed by atoms with Crippen LogP contribution in [0.5, 0.6) is 0 Å². The van der Waals surface area contributed by atoms with E-state index in [1.54, 1.807) is 17.7 Å². The number of amides is 1. The molecule has 4 aromatic rings. The van der Waals surface area contributed by atoms with Crippen LogP contribution < -0.4 is 10.6 Å². The highest BCUT2D eigenvalue weighted by Crippen LogP contribution is 2.37. The van der Waals surface area contributed by atoms with Crippen molar-refractivity contribution >= 4 is 44.7 Å². The molecule has 0 aliphatic rings. The lowest BCUT2D eigenvalue weighted by Gasteiger charge is -2.10. The van der Waals surface area contributed by atoms with E-state index in [1.165, 1.54) is 12.5 Å². The van der Waals surface area contributed by atoms with E-state index in [9.17, 15) is 4.79 Å². The van der Waals surface area contributed by atoms with Crippen molar-refractivity contribution in [3.05, 3.63) is 65.8 Å². The number of hydrogen-bond acceptors (Lipinski definition) is 5. The lowest BCUT2D eigenvalue weighted by atomic mass is 10.0. The van der Waals surface area contributed by atoms with Gasteiger partial charge in [-0.1, -0.05) is 35.9 Å². The first-order valence-electron chi connectivity index (χ1n) is 8.54. The van der Waals surface area contributed by atoms with Gasteiger partial charge in [-0.25, -0.2) is 9.97 Å². The number of aryl methyl sites for hydroxylation is 1. The van der Waals surface area contributed by atoms with Crippen LogP contribution in [-0.4, -0.2) is 15.9 Å². The maximum absolute atomic E-state index is 11.3.